The van der Waals surface area contributed by atoms with Gasteiger partial charge in [0, 0.05) is 20.3 Å². The first kappa shape index (κ1) is 19.3. The second-order valence-corrected chi connectivity index (χ2v) is 7.43. The molecule has 0 N–H and O–H groups in total. The summed E-state index contributed by atoms with van der Waals surface area (Å²) in [6.45, 7) is 4.66. The van der Waals surface area contributed by atoms with Crippen molar-refractivity contribution in [2.24, 2.45) is 0 Å². The van der Waals surface area contributed by atoms with E-state index in [0.717, 1.165) is 11.1 Å². The van der Waals surface area contributed by atoms with Crippen molar-refractivity contribution in [2.45, 2.75) is 26.3 Å². The van der Waals surface area contributed by atoms with E-state index in [4.69, 9.17) is 9.15 Å². The number of ether oxygens (including phenoxy) is 1. The molecular formula is C23H22FNO4. The van der Waals surface area contributed by atoms with E-state index in [2.05, 4.69) is 0 Å². The molecule has 5 nitrogen and oxygen atoms in total. The molecule has 0 spiro atoms. The minimum Gasteiger partial charge on any atom is -0.450 e. The highest BCUT2D eigenvalue weighted by atomic mass is 19.1. The third-order valence-corrected chi connectivity index (χ3v) is 5.35. The SMILES string of the molecule is COCCCN1C(=O)c2oc3cc(C)cc(C)c3c(=O)c2C1c1ccc(F)cc1. The highest BCUT2D eigenvalue weighted by molar-refractivity contribution is 5.99. The number of carbonyl (C=O) groups is 1. The van der Waals surface area contributed by atoms with E-state index in [1.807, 2.05) is 19.9 Å². The summed E-state index contributed by atoms with van der Waals surface area (Å²) in [7, 11) is 1.60. The van der Waals surface area contributed by atoms with Crippen LogP contribution < -0.4 is 5.43 Å². The minimum atomic E-state index is -0.615. The first-order chi connectivity index (χ1) is 13.9. The Labute approximate surface area is 167 Å². The summed E-state index contributed by atoms with van der Waals surface area (Å²) in [6.07, 6.45) is 0.611. The summed E-state index contributed by atoms with van der Waals surface area (Å²) in [5.74, 6) is -0.635. The maximum absolute atomic E-state index is 13.5. The maximum Gasteiger partial charge on any atom is 0.290 e. The van der Waals surface area contributed by atoms with E-state index in [0.29, 0.717) is 41.7 Å². The van der Waals surface area contributed by atoms with Crippen LogP contribution in [-0.4, -0.2) is 31.1 Å². The number of rotatable bonds is 5. The van der Waals surface area contributed by atoms with E-state index in [1.165, 1.54) is 12.1 Å². The zero-order chi connectivity index (χ0) is 20.7. The van der Waals surface area contributed by atoms with Crippen LogP contribution in [0.4, 0.5) is 4.39 Å². The van der Waals surface area contributed by atoms with Gasteiger partial charge < -0.3 is 14.1 Å². The Bertz CT molecular complexity index is 1150. The van der Waals surface area contributed by atoms with Gasteiger partial charge in [0.1, 0.15) is 11.4 Å². The van der Waals surface area contributed by atoms with Crippen molar-refractivity contribution in [3.05, 3.63) is 80.5 Å². The molecule has 1 aliphatic rings. The molecule has 0 fully saturated rings. The number of hydrogen-bond acceptors (Lipinski definition) is 4. The lowest BCUT2D eigenvalue weighted by Gasteiger charge is -2.25. The number of nitrogens with zero attached hydrogens (tertiary/aromatic N) is 1. The molecule has 1 amide bonds. The van der Waals surface area contributed by atoms with Crippen molar-refractivity contribution in [1.82, 2.24) is 4.90 Å². The summed E-state index contributed by atoms with van der Waals surface area (Å²) in [6, 6.07) is 8.97. The average molecular weight is 395 g/mol. The molecule has 29 heavy (non-hydrogen) atoms. The van der Waals surface area contributed by atoms with Crippen molar-refractivity contribution in [2.75, 3.05) is 20.3 Å². The average Bonchev–Trinajstić information content (AvgIpc) is 2.95. The fourth-order valence-electron chi connectivity index (χ4n) is 4.12. The van der Waals surface area contributed by atoms with Gasteiger partial charge >= 0.3 is 0 Å². The predicted octanol–water partition coefficient (Wildman–Crippen LogP) is 4.13. The standard InChI is InChI=1S/C23H22FNO4/c1-13-11-14(2)18-17(12-13)29-22-19(21(18)26)20(15-5-7-16(24)8-6-15)25(23(22)27)9-4-10-28-3/h5-8,11-12,20H,4,9-10H2,1-3H3. The van der Waals surface area contributed by atoms with E-state index in [-0.39, 0.29) is 22.9 Å². The van der Waals surface area contributed by atoms with Crippen molar-refractivity contribution >= 4 is 16.9 Å². The summed E-state index contributed by atoms with van der Waals surface area (Å²) in [5.41, 5.74) is 2.95. The fourth-order valence-corrected chi connectivity index (χ4v) is 4.12. The molecule has 0 bridgehead atoms. The summed E-state index contributed by atoms with van der Waals surface area (Å²) in [5, 5.41) is 0.480. The number of fused-ring (bicyclic) bond motifs is 2. The Hall–Kier alpha value is -2.99. The van der Waals surface area contributed by atoms with E-state index in [9.17, 15) is 14.0 Å². The Morgan fingerprint density at radius 1 is 1.14 bits per heavy atom. The van der Waals surface area contributed by atoms with Crippen molar-refractivity contribution in [3.8, 4) is 0 Å². The third-order valence-electron chi connectivity index (χ3n) is 5.35. The molecule has 0 saturated carbocycles. The maximum atomic E-state index is 13.5. The van der Waals surface area contributed by atoms with Gasteiger partial charge in [0.05, 0.1) is 17.0 Å². The van der Waals surface area contributed by atoms with Gasteiger partial charge in [-0.05, 0) is 55.2 Å². The molecule has 2 heterocycles. The van der Waals surface area contributed by atoms with Crippen LogP contribution in [0, 0.1) is 19.7 Å². The van der Waals surface area contributed by atoms with Crippen LogP contribution in [0.2, 0.25) is 0 Å². The molecule has 1 aliphatic heterocycles. The lowest BCUT2D eigenvalue weighted by molar-refractivity contribution is 0.0708. The third kappa shape index (κ3) is 3.23. The Morgan fingerprint density at radius 3 is 2.55 bits per heavy atom. The lowest BCUT2D eigenvalue weighted by atomic mass is 9.97. The van der Waals surface area contributed by atoms with E-state index < -0.39 is 6.04 Å². The number of aryl methyl sites for hydroxylation is 2. The Kier molecular flexibility index (Phi) is 4.96. The van der Waals surface area contributed by atoms with Gasteiger partial charge in [-0.1, -0.05) is 18.2 Å². The highest BCUT2D eigenvalue weighted by Gasteiger charge is 2.42. The van der Waals surface area contributed by atoms with Crippen LogP contribution in [0.5, 0.6) is 0 Å². The predicted molar refractivity (Wildman–Crippen MR) is 108 cm³/mol. The molecule has 0 saturated heterocycles. The smallest absolute Gasteiger partial charge is 0.290 e. The first-order valence-electron chi connectivity index (χ1n) is 9.55. The molecule has 0 aliphatic carbocycles. The van der Waals surface area contributed by atoms with Crippen molar-refractivity contribution < 1.29 is 18.3 Å². The quantitative estimate of drug-likeness (QED) is 0.610. The minimum absolute atomic E-state index is 0.0687. The lowest BCUT2D eigenvalue weighted by Crippen LogP contribution is -2.31. The second kappa shape index (κ2) is 7.44. The number of methoxy groups -OCH3 is 1. The fraction of sp³-hybridized carbons (Fsp3) is 0.304. The number of amides is 1. The van der Waals surface area contributed by atoms with Gasteiger partial charge in [-0.25, -0.2) is 4.39 Å². The van der Waals surface area contributed by atoms with Gasteiger partial charge in [-0.3, -0.25) is 9.59 Å². The van der Waals surface area contributed by atoms with Crippen LogP contribution in [0.15, 0.2) is 45.6 Å². The molecule has 2 aromatic carbocycles. The molecular weight excluding hydrogens is 373 g/mol. The van der Waals surface area contributed by atoms with Gasteiger partial charge in [0.25, 0.3) is 5.91 Å². The van der Waals surface area contributed by atoms with Crippen molar-refractivity contribution in [1.29, 1.82) is 0 Å². The summed E-state index contributed by atoms with van der Waals surface area (Å²) < 4.78 is 24.6. The molecule has 1 unspecified atom stereocenters. The molecule has 3 aromatic rings. The molecule has 1 atom stereocenters. The van der Waals surface area contributed by atoms with Gasteiger partial charge in [0.2, 0.25) is 5.76 Å². The summed E-state index contributed by atoms with van der Waals surface area (Å²) in [4.78, 5) is 28.3. The number of carbonyl (C=O) groups excluding carboxylic acids is 1. The number of hydrogen-bond donors (Lipinski definition) is 0. The van der Waals surface area contributed by atoms with Gasteiger partial charge in [0.15, 0.2) is 5.43 Å². The number of benzene rings is 2. The van der Waals surface area contributed by atoms with E-state index in [1.54, 1.807) is 30.2 Å². The molecule has 0 radical (unpaired) electrons. The molecule has 1 aromatic heterocycles. The second-order valence-electron chi connectivity index (χ2n) is 7.43. The summed E-state index contributed by atoms with van der Waals surface area (Å²) >= 11 is 0. The first-order valence-corrected chi connectivity index (χ1v) is 9.55. The van der Waals surface area contributed by atoms with Crippen LogP contribution in [0.25, 0.3) is 11.0 Å². The zero-order valence-electron chi connectivity index (χ0n) is 16.6. The topological polar surface area (TPSA) is 59.8 Å². The zero-order valence-corrected chi connectivity index (χ0v) is 16.6. The molecule has 6 heteroatoms. The van der Waals surface area contributed by atoms with Crippen LogP contribution >= 0.6 is 0 Å². The molecule has 150 valence electrons. The molecule has 4 rings (SSSR count). The Balaban J connectivity index is 1.95. The largest absolute Gasteiger partial charge is 0.450 e. The normalized spacial score (nSPS) is 15.9. The van der Waals surface area contributed by atoms with Gasteiger partial charge in [-0.2, -0.15) is 0 Å². The van der Waals surface area contributed by atoms with Crippen LogP contribution in [0.3, 0.4) is 0 Å². The van der Waals surface area contributed by atoms with Crippen LogP contribution in [0.1, 0.15) is 45.3 Å². The van der Waals surface area contributed by atoms with E-state index >= 15 is 0 Å². The van der Waals surface area contributed by atoms with Gasteiger partial charge in [-0.15, -0.1) is 0 Å². The van der Waals surface area contributed by atoms with Crippen LogP contribution in [-0.2, 0) is 4.74 Å². The number of halogens is 1. The monoisotopic (exact) mass is 395 g/mol. The highest BCUT2D eigenvalue weighted by Crippen LogP contribution is 2.38. The van der Waals surface area contributed by atoms with Crippen molar-refractivity contribution in [3.63, 3.8) is 0 Å². The Morgan fingerprint density at radius 2 is 1.86 bits per heavy atom.